The van der Waals surface area contributed by atoms with E-state index in [1.165, 1.54) is 0 Å². The summed E-state index contributed by atoms with van der Waals surface area (Å²) in [5, 5.41) is 12.1. The lowest BCUT2D eigenvalue weighted by Gasteiger charge is -2.23. The molecule has 88 valence electrons. The smallest absolute Gasteiger partial charge is 0.165 e. The first-order chi connectivity index (χ1) is 8.40. The van der Waals surface area contributed by atoms with Crippen molar-refractivity contribution in [3.8, 4) is 11.4 Å². The summed E-state index contributed by atoms with van der Waals surface area (Å²) >= 11 is 0. The van der Waals surface area contributed by atoms with Crippen LogP contribution in [0.1, 0.15) is 25.2 Å². The van der Waals surface area contributed by atoms with Crippen LogP contribution in [0.15, 0.2) is 24.5 Å². The second kappa shape index (κ2) is 4.25. The minimum atomic E-state index is 0.321. The van der Waals surface area contributed by atoms with E-state index in [1.54, 1.807) is 6.20 Å². The van der Waals surface area contributed by atoms with Gasteiger partial charge in [-0.05, 0) is 18.6 Å². The molecule has 1 atom stereocenters. The number of nitrogens with one attached hydrogen (secondary N) is 1. The van der Waals surface area contributed by atoms with Crippen LogP contribution in [0.4, 0.5) is 0 Å². The Kier molecular flexibility index (Phi) is 2.60. The summed E-state index contributed by atoms with van der Waals surface area (Å²) in [4.78, 5) is 4.13. The van der Waals surface area contributed by atoms with Crippen molar-refractivity contribution in [3.05, 3.63) is 30.4 Å². The Morgan fingerprint density at radius 1 is 1.47 bits per heavy atom. The van der Waals surface area contributed by atoms with Gasteiger partial charge in [0.25, 0.3) is 0 Å². The molecule has 0 aromatic carbocycles. The third-order valence-corrected chi connectivity index (χ3v) is 3.15. The van der Waals surface area contributed by atoms with Gasteiger partial charge in [-0.15, -0.1) is 10.2 Å². The van der Waals surface area contributed by atoms with Crippen molar-refractivity contribution in [2.45, 2.75) is 25.9 Å². The van der Waals surface area contributed by atoms with E-state index in [2.05, 4.69) is 32.0 Å². The molecule has 0 amide bonds. The molecule has 0 radical (unpaired) electrons. The number of hydrogen-bond donors (Lipinski definition) is 1. The molecule has 1 aliphatic heterocycles. The highest BCUT2D eigenvalue weighted by Crippen LogP contribution is 2.24. The maximum Gasteiger partial charge on any atom is 0.165 e. The van der Waals surface area contributed by atoms with Crippen molar-refractivity contribution in [3.63, 3.8) is 0 Å². The number of hydrogen-bond acceptors (Lipinski definition) is 4. The summed E-state index contributed by atoms with van der Waals surface area (Å²) < 4.78 is 2.20. The van der Waals surface area contributed by atoms with E-state index >= 15 is 0 Å². The van der Waals surface area contributed by atoms with Crippen LogP contribution in [0.2, 0.25) is 0 Å². The number of aromatic nitrogens is 4. The zero-order valence-corrected chi connectivity index (χ0v) is 9.80. The Hall–Kier alpha value is -1.75. The molecule has 2 aromatic rings. The van der Waals surface area contributed by atoms with Gasteiger partial charge in [-0.25, -0.2) is 0 Å². The van der Waals surface area contributed by atoms with Gasteiger partial charge >= 0.3 is 0 Å². The third kappa shape index (κ3) is 1.72. The lowest BCUT2D eigenvalue weighted by atomic mass is 10.1. The predicted molar refractivity (Wildman–Crippen MR) is 64.3 cm³/mol. The van der Waals surface area contributed by atoms with Crippen LogP contribution in [-0.2, 0) is 6.54 Å². The number of pyridine rings is 1. The first-order valence-electron chi connectivity index (χ1n) is 5.97. The molecule has 5 heteroatoms. The van der Waals surface area contributed by atoms with Crippen LogP contribution < -0.4 is 5.32 Å². The molecule has 0 aliphatic carbocycles. The van der Waals surface area contributed by atoms with Crippen LogP contribution in [0.3, 0.4) is 0 Å². The first kappa shape index (κ1) is 10.4. The molecule has 0 fully saturated rings. The first-order valence-corrected chi connectivity index (χ1v) is 5.97. The summed E-state index contributed by atoms with van der Waals surface area (Å²) in [6, 6.07) is 4.27. The monoisotopic (exact) mass is 229 g/mol. The van der Waals surface area contributed by atoms with Crippen LogP contribution in [0, 0.1) is 0 Å². The Balaban J connectivity index is 2.06. The summed E-state index contributed by atoms with van der Waals surface area (Å²) in [7, 11) is 0. The standard InChI is InChI=1S/C12H15N5/c1-2-10-12-16-15-11(17(12)7-6-14-10)9-4-3-5-13-8-9/h3-5,8,10,14H,2,6-7H2,1H3. The molecule has 2 aromatic heterocycles. The largest absolute Gasteiger partial charge is 0.308 e. The third-order valence-electron chi connectivity index (χ3n) is 3.15. The fourth-order valence-corrected chi connectivity index (χ4v) is 2.27. The Labute approximate surface area is 99.9 Å². The maximum atomic E-state index is 4.31. The van der Waals surface area contributed by atoms with Crippen molar-refractivity contribution in [1.29, 1.82) is 0 Å². The van der Waals surface area contributed by atoms with E-state index < -0.39 is 0 Å². The summed E-state index contributed by atoms with van der Waals surface area (Å²) in [5.41, 5.74) is 1.03. The molecule has 1 aliphatic rings. The molecule has 3 rings (SSSR count). The molecule has 3 heterocycles. The minimum Gasteiger partial charge on any atom is -0.308 e. The van der Waals surface area contributed by atoms with E-state index in [0.29, 0.717) is 6.04 Å². The van der Waals surface area contributed by atoms with Gasteiger partial charge in [-0.3, -0.25) is 4.98 Å². The lowest BCUT2D eigenvalue weighted by Crippen LogP contribution is -2.33. The van der Waals surface area contributed by atoms with Crippen LogP contribution in [-0.4, -0.2) is 26.3 Å². The lowest BCUT2D eigenvalue weighted by molar-refractivity contribution is 0.407. The highest BCUT2D eigenvalue weighted by Gasteiger charge is 2.23. The van der Waals surface area contributed by atoms with Gasteiger partial charge in [-0.2, -0.15) is 0 Å². The van der Waals surface area contributed by atoms with Gasteiger partial charge in [0, 0.05) is 31.0 Å². The quantitative estimate of drug-likeness (QED) is 0.845. The van der Waals surface area contributed by atoms with Crippen LogP contribution in [0.5, 0.6) is 0 Å². The van der Waals surface area contributed by atoms with Crippen molar-refractivity contribution in [1.82, 2.24) is 25.1 Å². The fraction of sp³-hybridized carbons (Fsp3) is 0.417. The Morgan fingerprint density at radius 3 is 3.18 bits per heavy atom. The van der Waals surface area contributed by atoms with Gasteiger partial charge < -0.3 is 9.88 Å². The molecule has 0 bridgehead atoms. The predicted octanol–water partition coefficient (Wildman–Crippen LogP) is 1.39. The van der Waals surface area contributed by atoms with Crippen LogP contribution >= 0.6 is 0 Å². The molecule has 0 saturated heterocycles. The number of rotatable bonds is 2. The number of fused-ring (bicyclic) bond motifs is 1. The molecule has 5 nitrogen and oxygen atoms in total. The molecule has 1 N–H and O–H groups in total. The Bertz CT molecular complexity index is 505. The average Bonchev–Trinajstić information content (AvgIpc) is 2.83. The van der Waals surface area contributed by atoms with Crippen molar-refractivity contribution >= 4 is 0 Å². The van der Waals surface area contributed by atoms with Gasteiger partial charge in [0.2, 0.25) is 0 Å². The molecule has 1 unspecified atom stereocenters. The summed E-state index contributed by atoms with van der Waals surface area (Å²) in [6.45, 7) is 4.05. The summed E-state index contributed by atoms with van der Waals surface area (Å²) in [6.07, 6.45) is 4.64. The minimum absolute atomic E-state index is 0.321. The normalized spacial score (nSPS) is 19.0. The van der Waals surface area contributed by atoms with E-state index in [0.717, 1.165) is 36.7 Å². The average molecular weight is 229 g/mol. The van der Waals surface area contributed by atoms with Crippen LogP contribution in [0.25, 0.3) is 11.4 Å². The molecular formula is C12H15N5. The van der Waals surface area contributed by atoms with Gasteiger partial charge in [0.1, 0.15) is 0 Å². The topological polar surface area (TPSA) is 55.6 Å². The van der Waals surface area contributed by atoms with Crippen molar-refractivity contribution in [2.75, 3.05) is 6.54 Å². The maximum absolute atomic E-state index is 4.31. The molecular weight excluding hydrogens is 214 g/mol. The van der Waals surface area contributed by atoms with Gasteiger partial charge in [0.05, 0.1) is 6.04 Å². The van der Waals surface area contributed by atoms with Crippen molar-refractivity contribution in [2.24, 2.45) is 0 Å². The molecule has 17 heavy (non-hydrogen) atoms. The second-order valence-corrected chi connectivity index (χ2v) is 4.19. The number of nitrogens with zero attached hydrogens (tertiary/aromatic N) is 4. The molecule has 0 saturated carbocycles. The molecule has 0 spiro atoms. The highest BCUT2D eigenvalue weighted by atomic mass is 15.3. The van der Waals surface area contributed by atoms with E-state index in [4.69, 9.17) is 0 Å². The summed E-state index contributed by atoms with van der Waals surface area (Å²) in [5.74, 6) is 1.96. The highest BCUT2D eigenvalue weighted by molar-refractivity contribution is 5.53. The van der Waals surface area contributed by atoms with Crippen molar-refractivity contribution < 1.29 is 0 Å². The SMILES string of the molecule is CCC1NCCn2c(-c3cccnc3)nnc21. The van der Waals surface area contributed by atoms with E-state index in [-0.39, 0.29) is 0 Å². The zero-order valence-electron chi connectivity index (χ0n) is 9.80. The van der Waals surface area contributed by atoms with Gasteiger partial charge in [-0.1, -0.05) is 6.92 Å². The Morgan fingerprint density at radius 2 is 2.41 bits per heavy atom. The van der Waals surface area contributed by atoms with E-state index in [1.807, 2.05) is 18.3 Å². The van der Waals surface area contributed by atoms with Gasteiger partial charge in [0.15, 0.2) is 11.6 Å². The zero-order chi connectivity index (χ0) is 11.7. The van der Waals surface area contributed by atoms with E-state index in [9.17, 15) is 0 Å². The fourth-order valence-electron chi connectivity index (χ4n) is 2.27. The second-order valence-electron chi connectivity index (χ2n) is 4.19.